The lowest BCUT2D eigenvalue weighted by Crippen LogP contribution is -2.53. The Morgan fingerprint density at radius 3 is 2.61 bits per heavy atom. The molecule has 18 heavy (non-hydrogen) atoms. The highest BCUT2D eigenvalue weighted by Gasteiger charge is 2.41. The molecule has 1 unspecified atom stereocenters. The molecule has 5 heteroatoms. The SMILES string of the molecule is CC(CN)(NC(=O)c1ccc(Cl)c(Cl)c1)C1CC1. The number of halogens is 2. The van der Waals surface area contributed by atoms with Gasteiger partial charge in [0.05, 0.1) is 15.6 Å². The van der Waals surface area contributed by atoms with Crippen LogP contribution in [0.3, 0.4) is 0 Å². The van der Waals surface area contributed by atoms with E-state index >= 15 is 0 Å². The van der Waals surface area contributed by atoms with Crippen molar-refractivity contribution in [3.63, 3.8) is 0 Å². The number of carbonyl (C=O) groups excluding carboxylic acids is 1. The Bertz CT molecular complexity index is 474. The zero-order valence-electron chi connectivity index (χ0n) is 10.2. The third-order valence-corrected chi connectivity index (χ3v) is 4.22. The first kappa shape index (κ1) is 13.7. The molecular formula is C13H16Cl2N2O. The van der Waals surface area contributed by atoms with Crippen molar-refractivity contribution in [3.05, 3.63) is 33.8 Å². The third-order valence-electron chi connectivity index (χ3n) is 3.48. The van der Waals surface area contributed by atoms with Crippen LogP contribution in [0.1, 0.15) is 30.1 Å². The van der Waals surface area contributed by atoms with Crippen LogP contribution in [-0.2, 0) is 0 Å². The second-order valence-corrected chi connectivity index (χ2v) is 5.79. The number of carbonyl (C=O) groups is 1. The molecule has 1 atom stereocenters. The second kappa shape index (κ2) is 5.08. The Labute approximate surface area is 117 Å². The minimum Gasteiger partial charge on any atom is -0.345 e. The van der Waals surface area contributed by atoms with Gasteiger partial charge in [-0.1, -0.05) is 23.2 Å². The molecule has 0 aliphatic heterocycles. The van der Waals surface area contributed by atoms with Gasteiger partial charge >= 0.3 is 0 Å². The van der Waals surface area contributed by atoms with Crippen LogP contribution in [0.4, 0.5) is 0 Å². The molecule has 0 spiro atoms. The summed E-state index contributed by atoms with van der Waals surface area (Å²) in [4.78, 5) is 12.1. The fourth-order valence-electron chi connectivity index (χ4n) is 2.01. The van der Waals surface area contributed by atoms with Crippen LogP contribution in [0, 0.1) is 5.92 Å². The summed E-state index contributed by atoms with van der Waals surface area (Å²) in [5, 5.41) is 3.82. The van der Waals surface area contributed by atoms with Gasteiger partial charge in [-0.05, 0) is 43.9 Å². The Morgan fingerprint density at radius 2 is 2.11 bits per heavy atom. The van der Waals surface area contributed by atoms with E-state index in [1.165, 1.54) is 0 Å². The molecule has 3 N–H and O–H groups in total. The molecule has 0 aromatic heterocycles. The normalized spacial score (nSPS) is 18.2. The van der Waals surface area contributed by atoms with Gasteiger partial charge in [-0.3, -0.25) is 4.79 Å². The van der Waals surface area contributed by atoms with Gasteiger partial charge in [0, 0.05) is 12.1 Å². The molecule has 3 nitrogen and oxygen atoms in total. The maximum atomic E-state index is 12.1. The highest BCUT2D eigenvalue weighted by atomic mass is 35.5. The smallest absolute Gasteiger partial charge is 0.251 e. The largest absolute Gasteiger partial charge is 0.345 e. The van der Waals surface area contributed by atoms with E-state index in [0.717, 1.165) is 12.8 Å². The van der Waals surface area contributed by atoms with Crippen LogP contribution in [0.25, 0.3) is 0 Å². The van der Waals surface area contributed by atoms with Gasteiger partial charge in [0.2, 0.25) is 0 Å². The summed E-state index contributed by atoms with van der Waals surface area (Å²) in [6.07, 6.45) is 2.24. The Hall–Kier alpha value is -0.770. The lowest BCUT2D eigenvalue weighted by atomic mass is 9.95. The molecule has 1 aromatic carbocycles. The molecule has 1 aromatic rings. The van der Waals surface area contributed by atoms with E-state index in [1.807, 2.05) is 6.92 Å². The highest BCUT2D eigenvalue weighted by Crippen LogP contribution is 2.39. The van der Waals surface area contributed by atoms with Gasteiger partial charge in [-0.2, -0.15) is 0 Å². The van der Waals surface area contributed by atoms with Crippen molar-refractivity contribution in [2.24, 2.45) is 11.7 Å². The van der Waals surface area contributed by atoms with E-state index in [2.05, 4.69) is 5.32 Å². The lowest BCUT2D eigenvalue weighted by molar-refractivity contribution is 0.0898. The highest BCUT2D eigenvalue weighted by molar-refractivity contribution is 6.42. The molecule has 1 aliphatic rings. The van der Waals surface area contributed by atoms with Crippen LogP contribution < -0.4 is 11.1 Å². The molecule has 1 aliphatic carbocycles. The number of nitrogens with two attached hydrogens (primary N) is 1. The van der Waals surface area contributed by atoms with E-state index in [9.17, 15) is 4.79 Å². The summed E-state index contributed by atoms with van der Waals surface area (Å²) in [6, 6.07) is 4.85. The number of hydrogen-bond acceptors (Lipinski definition) is 2. The molecule has 0 saturated heterocycles. The van der Waals surface area contributed by atoms with E-state index in [-0.39, 0.29) is 11.4 Å². The van der Waals surface area contributed by atoms with Crippen LogP contribution >= 0.6 is 23.2 Å². The van der Waals surface area contributed by atoms with E-state index in [1.54, 1.807) is 18.2 Å². The second-order valence-electron chi connectivity index (χ2n) is 4.98. The average molecular weight is 287 g/mol. The lowest BCUT2D eigenvalue weighted by Gasteiger charge is -2.29. The molecule has 1 amide bonds. The van der Waals surface area contributed by atoms with Crippen molar-refractivity contribution in [1.29, 1.82) is 0 Å². The van der Waals surface area contributed by atoms with Crippen LogP contribution in [0.5, 0.6) is 0 Å². The van der Waals surface area contributed by atoms with Crippen molar-refractivity contribution < 1.29 is 4.79 Å². The predicted molar refractivity (Wildman–Crippen MR) is 74.1 cm³/mol. The number of nitrogens with one attached hydrogen (secondary N) is 1. The minimum absolute atomic E-state index is 0.159. The van der Waals surface area contributed by atoms with Gasteiger partial charge in [0.25, 0.3) is 5.91 Å². The van der Waals surface area contributed by atoms with Gasteiger partial charge in [0.15, 0.2) is 0 Å². The number of amides is 1. The van der Waals surface area contributed by atoms with Gasteiger partial charge in [0.1, 0.15) is 0 Å². The summed E-state index contributed by atoms with van der Waals surface area (Å²) >= 11 is 11.7. The summed E-state index contributed by atoms with van der Waals surface area (Å²) in [7, 11) is 0. The third kappa shape index (κ3) is 2.79. The van der Waals surface area contributed by atoms with Crippen LogP contribution in [0.15, 0.2) is 18.2 Å². The maximum Gasteiger partial charge on any atom is 0.251 e. The van der Waals surface area contributed by atoms with Crippen molar-refractivity contribution in [1.82, 2.24) is 5.32 Å². The minimum atomic E-state index is -0.330. The Kier molecular flexibility index (Phi) is 3.85. The fourth-order valence-corrected chi connectivity index (χ4v) is 2.31. The number of hydrogen-bond donors (Lipinski definition) is 2. The maximum absolute atomic E-state index is 12.1. The molecule has 1 fully saturated rings. The predicted octanol–water partition coefficient (Wildman–Crippen LogP) is 2.85. The molecule has 0 heterocycles. The Morgan fingerprint density at radius 1 is 1.44 bits per heavy atom. The molecule has 2 rings (SSSR count). The summed E-state index contributed by atoms with van der Waals surface area (Å²) in [5.74, 6) is 0.322. The Balaban J connectivity index is 2.13. The molecular weight excluding hydrogens is 271 g/mol. The van der Waals surface area contributed by atoms with E-state index < -0.39 is 0 Å². The molecule has 0 bridgehead atoms. The van der Waals surface area contributed by atoms with Gasteiger partial charge in [-0.25, -0.2) is 0 Å². The van der Waals surface area contributed by atoms with Crippen molar-refractivity contribution >= 4 is 29.1 Å². The summed E-state index contributed by atoms with van der Waals surface area (Å²) in [6.45, 7) is 2.42. The average Bonchev–Trinajstić information content (AvgIpc) is 3.16. The van der Waals surface area contributed by atoms with Crippen molar-refractivity contribution in [2.45, 2.75) is 25.3 Å². The quantitative estimate of drug-likeness (QED) is 0.894. The van der Waals surface area contributed by atoms with E-state index in [0.29, 0.717) is 28.1 Å². The number of benzene rings is 1. The monoisotopic (exact) mass is 286 g/mol. The number of rotatable bonds is 4. The van der Waals surface area contributed by atoms with Gasteiger partial charge < -0.3 is 11.1 Å². The molecule has 0 radical (unpaired) electrons. The van der Waals surface area contributed by atoms with Crippen LogP contribution in [-0.4, -0.2) is 18.0 Å². The zero-order valence-corrected chi connectivity index (χ0v) is 11.7. The van der Waals surface area contributed by atoms with Crippen molar-refractivity contribution in [2.75, 3.05) is 6.54 Å². The summed E-state index contributed by atoms with van der Waals surface area (Å²) < 4.78 is 0. The standard InChI is InChI=1S/C13H16Cl2N2O/c1-13(7-16,9-3-4-9)17-12(18)8-2-5-10(14)11(15)6-8/h2,5-6,9H,3-4,7,16H2,1H3,(H,17,18). The van der Waals surface area contributed by atoms with E-state index in [4.69, 9.17) is 28.9 Å². The first-order valence-corrected chi connectivity index (χ1v) is 6.69. The first-order chi connectivity index (χ1) is 8.46. The first-order valence-electron chi connectivity index (χ1n) is 5.94. The molecule has 98 valence electrons. The fraction of sp³-hybridized carbons (Fsp3) is 0.462. The summed E-state index contributed by atoms with van der Waals surface area (Å²) in [5.41, 5.74) is 5.94. The van der Waals surface area contributed by atoms with Gasteiger partial charge in [-0.15, -0.1) is 0 Å². The topological polar surface area (TPSA) is 55.1 Å². The van der Waals surface area contributed by atoms with Crippen molar-refractivity contribution in [3.8, 4) is 0 Å². The van der Waals surface area contributed by atoms with Crippen LogP contribution in [0.2, 0.25) is 10.0 Å². The molecule has 1 saturated carbocycles. The zero-order chi connectivity index (χ0) is 13.3.